The lowest BCUT2D eigenvalue weighted by Gasteiger charge is -2.22. The van der Waals surface area contributed by atoms with Gasteiger partial charge in [0.1, 0.15) is 23.3 Å². The predicted octanol–water partition coefficient (Wildman–Crippen LogP) is 1.03. The highest BCUT2D eigenvalue weighted by molar-refractivity contribution is 6.58. The van der Waals surface area contributed by atoms with Crippen molar-refractivity contribution >= 4 is 24.6 Å². The maximum absolute atomic E-state index is 13.8. The summed E-state index contributed by atoms with van der Waals surface area (Å²) in [6, 6.07) is 1.01. The third-order valence-corrected chi connectivity index (χ3v) is 3.53. The lowest BCUT2D eigenvalue weighted by Crippen LogP contribution is -2.44. The van der Waals surface area contributed by atoms with Crippen molar-refractivity contribution in [3.8, 4) is 0 Å². The second-order valence-corrected chi connectivity index (χ2v) is 6.96. The van der Waals surface area contributed by atoms with Gasteiger partial charge in [0.25, 0.3) is 0 Å². The summed E-state index contributed by atoms with van der Waals surface area (Å²) in [7, 11) is -1.07. The topological polar surface area (TPSA) is 105 Å². The van der Waals surface area contributed by atoms with Crippen LogP contribution in [0.4, 0.5) is 13.6 Å². The lowest BCUT2D eigenvalue weighted by molar-refractivity contribution is -0.143. The molecule has 0 aromatic heterocycles. The first-order chi connectivity index (χ1) is 12.4. The number of methoxy groups -OCH3 is 1. The van der Waals surface area contributed by atoms with E-state index in [2.05, 4.69) is 10.1 Å². The number of carbonyl (C=O) groups is 2. The number of carbonyl (C=O) groups excluding carboxylic acids is 2. The SMILES string of the molecule is COC(=O)[C@H](CCCc1cc(F)c(B(O)O)c(F)c1)NC(=O)OC(C)(C)C. The van der Waals surface area contributed by atoms with Crippen molar-refractivity contribution in [2.24, 2.45) is 0 Å². The van der Waals surface area contributed by atoms with Gasteiger partial charge in [-0.25, -0.2) is 18.4 Å². The summed E-state index contributed by atoms with van der Waals surface area (Å²) < 4.78 is 37.2. The Labute approximate surface area is 156 Å². The van der Waals surface area contributed by atoms with E-state index in [9.17, 15) is 18.4 Å². The fraction of sp³-hybridized carbons (Fsp3) is 0.529. The fourth-order valence-electron chi connectivity index (χ4n) is 2.38. The van der Waals surface area contributed by atoms with E-state index >= 15 is 0 Å². The quantitative estimate of drug-likeness (QED) is 0.477. The van der Waals surface area contributed by atoms with Crippen molar-refractivity contribution in [1.29, 1.82) is 0 Å². The van der Waals surface area contributed by atoms with Crippen molar-refractivity contribution in [2.45, 2.75) is 51.7 Å². The second-order valence-electron chi connectivity index (χ2n) is 6.96. The van der Waals surface area contributed by atoms with Crippen molar-refractivity contribution in [3.63, 3.8) is 0 Å². The van der Waals surface area contributed by atoms with Crippen molar-refractivity contribution in [2.75, 3.05) is 7.11 Å². The smallest absolute Gasteiger partial charge is 0.467 e. The monoisotopic (exact) mass is 387 g/mol. The number of alkyl carbamates (subject to hydrolysis) is 1. The lowest BCUT2D eigenvalue weighted by atomic mass is 9.78. The summed E-state index contributed by atoms with van der Waals surface area (Å²) in [5.41, 5.74) is -1.29. The molecule has 0 radical (unpaired) electrons. The zero-order valence-electron chi connectivity index (χ0n) is 15.7. The predicted molar refractivity (Wildman–Crippen MR) is 94.3 cm³/mol. The van der Waals surface area contributed by atoms with Crippen LogP contribution in [0.5, 0.6) is 0 Å². The van der Waals surface area contributed by atoms with Gasteiger partial charge in [0.15, 0.2) is 0 Å². The van der Waals surface area contributed by atoms with E-state index < -0.39 is 47.9 Å². The Balaban J connectivity index is 2.72. The first kappa shape index (κ1) is 22.8. The molecule has 0 spiro atoms. The van der Waals surface area contributed by atoms with Crippen LogP contribution in [-0.2, 0) is 20.7 Å². The number of hydrogen-bond donors (Lipinski definition) is 3. The number of aryl methyl sites for hydroxylation is 1. The molecule has 0 aliphatic heterocycles. The average Bonchev–Trinajstić information content (AvgIpc) is 2.50. The summed E-state index contributed by atoms with van der Waals surface area (Å²) in [6.45, 7) is 5.03. The molecule has 0 unspecified atom stereocenters. The largest absolute Gasteiger partial charge is 0.494 e. The molecule has 0 bridgehead atoms. The molecule has 0 saturated heterocycles. The molecular weight excluding hydrogens is 363 g/mol. The minimum absolute atomic E-state index is 0.152. The second kappa shape index (κ2) is 9.66. The van der Waals surface area contributed by atoms with Gasteiger partial charge < -0.3 is 24.8 Å². The van der Waals surface area contributed by atoms with Gasteiger partial charge in [-0.05, 0) is 57.7 Å². The summed E-state index contributed by atoms with van der Waals surface area (Å²) in [6.07, 6.45) is -0.134. The van der Waals surface area contributed by atoms with Crippen LogP contribution >= 0.6 is 0 Å². The Morgan fingerprint density at radius 3 is 2.22 bits per heavy atom. The van der Waals surface area contributed by atoms with Crippen molar-refractivity contribution < 1.29 is 37.9 Å². The summed E-state index contributed by atoms with van der Waals surface area (Å²) in [5, 5.41) is 20.3. The number of halogens is 2. The zero-order valence-corrected chi connectivity index (χ0v) is 15.7. The van der Waals surface area contributed by atoms with Gasteiger partial charge in [-0.3, -0.25) is 0 Å². The molecule has 1 atom stereocenters. The van der Waals surface area contributed by atoms with Crippen LogP contribution in [0, 0.1) is 11.6 Å². The third kappa shape index (κ3) is 7.52. The highest BCUT2D eigenvalue weighted by atomic mass is 19.1. The maximum Gasteiger partial charge on any atom is 0.494 e. The molecule has 1 rings (SSSR count). The van der Waals surface area contributed by atoms with Crippen LogP contribution in [0.3, 0.4) is 0 Å². The number of ether oxygens (including phenoxy) is 2. The first-order valence-electron chi connectivity index (χ1n) is 8.36. The molecule has 10 heteroatoms. The van der Waals surface area contributed by atoms with Crippen molar-refractivity contribution in [1.82, 2.24) is 5.32 Å². The van der Waals surface area contributed by atoms with Gasteiger partial charge in [-0.2, -0.15) is 0 Å². The zero-order chi connectivity index (χ0) is 20.8. The summed E-state index contributed by atoms with van der Waals surface area (Å²) >= 11 is 0. The maximum atomic E-state index is 13.8. The minimum atomic E-state index is -2.25. The van der Waals surface area contributed by atoms with E-state index in [1.54, 1.807) is 20.8 Å². The molecule has 1 amide bonds. The standard InChI is InChI=1S/C17H24BF2NO6/c1-17(2,3)27-16(23)21-13(15(22)26-4)7-5-6-10-8-11(19)14(18(24)25)12(20)9-10/h8-9,13,24-25H,5-7H2,1-4H3,(H,21,23)/t13-/m0/s1. The van der Waals surface area contributed by atoms with Crippen LogP contribution < -0.4 is 10.8 Å². The molecule has 7 nitrogen and oxygen atoms in total. The van der Waals surface area contributed by atoms with Gasteiger partial charge in [0.05, 0.1) is 12.6 Å². The molecule has 0 aliphatic rings. The van der Waals surface area contributed by atoms with E-state index in [-0.39, 0.29) is 18.4 Å². The van der Waals surface area contributed by atoms with Crippen LogP contribution in [0.1, 0.15) is 39.2 Å². The van der Waals surface area contributed by atoms with Gasteiger partial charge in [-0.1, -0.05) is 0 Å². The molecular formula is C17H24BF2NO6. The van der Waals surface area contributed by atoms with Gasteiger partial charge in [-0.15, -0.1) is 0 Å². The van der Waals surface area contributed by atoms with Gasteiger partial charge >= 0.3 is 19.2 Å². The van der Waals surface area contributed by atoms with Gasteiger partial charge in [0.2, 0.25) is 0 Å². The van der Waals surface area contributed by atoms with Crippen LogP contribution in [0.2, 0.25) is 0 Å². The number of rotatable bonds is 7. The molecule has 1 aromatic carbocycles. The van der Waals surface area contributed by atoms with E-state index in [1.807, 2.05) is 0 Å². The van der Waals surface area contributed by atoms with E-state index in [0.29, 0.717) is 6.42 Å². The van der Waals surface area contributed by atoms with Crippen molar-refractivity contribution in [3.05, 3.63) is 29.3 Å². The molecule has 0 saturated carbocycles. The van der Waals surface area contributed by atoms with Crippen LogP contribution in [0.15, 0.2) is 12.1 Å². The van der Waals surface area contributed by atoms with Gasteiger partial charge in [0, 0.05) is 0 Å². The Bertz CT molecular complexity index is 655. The minimum Gasteiger partial charge on any atom is -0.467 e. The molecule has 0 aliphatic carbocycles. The van der Waals surface area contributed by atoms with Crippen LogP contribution in [-0.4, -0.2) is 48.0 Å². The molecule has 0 heterocycles. The normalized spacial score (nSPS) is 12.3. The fourth-order valence-corrected chi connectivity index (χ4v) is 2.38. The number of amides is 1. The molecule has 0 fully saturated rings. The number of esters is 1. The van der Waals surface area contributed by atoms with Crippen LogP contribution in [0.25, 0.3) is 0 Å². The average molecular weight is 387 g/mol. The highest BCUT2D eigenvalue weighted by Gasteiger charge is 2.25. The molecule has 1 aromatic rings. The Morgan fingerprint density at radius 2 is 1.78 bits per heavy atom. The first-order valence-corrected chi connectivity index (χ1v) is 8.36. The highest BCUT2D eigenvalue weighted by Crippen LogP contribution is 2.13. The Morgan fingerprint density at radius 1 is 1.22 bits per heavy atom. The Hall–Kier alpha value is -2.20. The third-order valence-electron chi connectivity index (χ3n) is 3.53. The molecule has 3 N–H and O–H groups in total. The number of nitrogens with one attached hydrogen (secondary N) is 1. The number of hydrogen-bond acceptors (Lipinski definition) is 6. The molecule has 27 heavy (non-hydrogen) atoms. The molecule has 150 valence electrons. The summed E-state index contributed by atoms with van der Waals surface area (Å²) in [5.74, 6) is -2.82. The van der Waals surface area contributed by atoms with E-state index in [1.165, 1.54) is 7.11 Å². The number of benzene rings is 1. The summed E-state index contributed by atoms with van der Waals surface area (Å²) in [4.78, 5) is 23.6. The Kier molecular flexibility index (Phi) is 8.17. The van der Waals surface area contributed by atoms with E-state index in [0.717, 1.165) is 12.1 Å². The van der Waals surface area contributed by atoms with E-state index in [4.69, 9.17) is 14.8 Å².